The number of aromatic nitrogens is 4. The Morgan fingerprint density at radius 1 is 1.22 bits per heavy atom. The van der Waals surface area contributed by atoms with Crippen molar-refractivity contribution in [1.82, 2.24) is 25.1 Å². The number of hydrogen-bond donors (Lipinski definition) is 1. The van der Waals surface area contributed by atoms with Crippen LogP contribution in [0, 0.1) is 0 Å². The summed E-state index contributed by atoms with van der Waals surface area (Å²) >= 11 is 1.49. The minimum Gasteiger partial charge on any atom is -0.493 e. The standard InChI is InChI=1S/C21H26N6O4S/c1-29-16-6-4-5-14(17(16)30-2)20(28)22-7-8-27-19-15(13-23-27)18(24-21(25-19)32-3)26-9-11-31-12-10-26/h4-6,13H,7-12H2,1-3H3,(H,22,28). The molecule has 1 amide bonds. The Morgan fingerprint density at radius 3 is 2.75 bits per heavy atom. The van der Waals surface area contributed by atoms with E-state index in [4.69, 9.17) is 19.2 Å². The van der Waals surface area contributed by atoms with Gasteiger partial charge in [-0.1, -0.05) is 17.8 Å². The Morgan fingerprint density at radius 2 is 2.03 bits per heavy atom. The molecule has 0 radical (unpaired) electrons. The molecule has 170 valence electrons. The Labute approximate surface area is 190 Å². The summed E-state index contributed by atoms with van der Waals surface area (Å²) in [4.78, 5) is 24.3. The van der Waals surface area contributed by atoms with Crippen molar-refractivity contribution in [3.05, 3.63) is 30.0 Å². The van der Waals surface area contributed by atoms with Crippen LogP contribution in [-0.2, 0) is 11.3 Å². The average molecular weight is 459 g/mol. The van der Waals surface area contributed by atoms with Gasteiger partial charge in [0.2, 0.25) is 0 Å². The van der Waals surface area contributed by atoms with Gasteiger partial charge in [0, 0.05) is 19.6 Å². The first-order valence-electron chi connectivity index (χ1n) is 10.3. The lowest BCUT2D eigenvalue weighted by molar-refractivity contribution is 0.0948. The highest BCUT2D eigenvalue weighted by atomic mass is 32.2. The second-order valence-electron chi connectivity index (χ2n) is 7.04. The largest absolute Gasteiger partial charge is 0.493 e. The fourth-order valence-corrected chi connectivity index (χ4v) is 3.98. The number of nitrogens with zero attached hydrogens (tertiary/aromatic N) is 5. The third-order valence-corrected chi connectivity index (χ3v) is 5.75. The lowest BCUT2D eigenvalue weighted by atomic mass is 10.1. The number of para-hydroxylation sites is 1. The Balaban J connectivity index is 1.51. The quantitative estimate of drug-likeness (QED) is 0.400. The van der Waals surface area contributed by atoms with Gasteiger partial charge in [-0.2, -0.15) is 5.10 Å². The van der Waals surface area contributed by atoms with Crippen LogP contribution in [-0.4, -0.2) is 79.0 Å². The molecule has 1 saturated heterocycles. The van der Waals surface area contributed by atoms with Gasteiger partial charge in [0.1, 0.15) is 5.82 Å². The number of amides is 1. The number of methoxy groups -OCH3 is 2. The summed E-state index contributed by atoms with van der Waals surface area (Å²) in [6.45, 7) is 3.76. The molecule has 0 unspecified atom stereocenters. The third-order valence-electron chi connectivity index (χ3n) is 5.21. The van der Waals surface area contributed by atoms with Crippen molar-refractivity contribution in [3.63, 3.8) is 0 Å². The number of thioether (sulfide) groups is 1. The fourth-order valence-electron chi connectivity index (χ4n) is 3.63. The second kappa shape index (κ2) is 10.0. The summed E-state index contributed by atoms with van der Waals surface area (Å²) in [6, 6.07) is 5.21. The number of nitrogens with one attached hydrogen (secondary N) is 1. The molecule has 0 atom stereocenters. The lowest BCUT2D eigenvalue weighted by Crippen LogP contribution is -2.37. The van der Waals surface area contributed by atoms with Crippen molar-refractivity contribution in [2.45, 2.75) is 11.7 Å². The van der Waals surface area contributed by atoms with Gasteiger partial charge in [0.05, 0.1) is 51.1 Å². The van der Waals surface area contributed by atoms with Crippen LogP contribution in [0.2, 0.25) is 0 Å². The number of fused-ring (bicyclic) bond motifs is 1. The highest BCUT2D eigenvalue weighted by Gasteiger charge is 2.20. The zero-order valence-corrected chi connectivity index (χ0v) is 19.1. The van der Waals surface area contributed by atoms with E-state index in [1.54, 1.807) is 29.1 Å². The van der Waals surface area contributed by atoms with E-state index in [1.165, 1.54) is 26.0 Å². The molecule has 2 aromatic heterocycles. The molecule has 32 heavy (non-hydrogen) atoms. The number of morpholine rings is 1. The number of anilines is 1. The molecule has 0 bridgehead atoms. The van der Waals surface area contributed by atoms with E-state index in [9.17, 15) is 4.79 Å². The van der Waals surface area contributed by atoms with E-state index in [0.717, 1.165) is 29.9 Å². The fraction of sp³-hybridized carbons (Fsp3) is 0.429. The first kappa shape index (κ1) is 22.2. The predicted molar refractivity (Wildman–Crippen MR) is 122 cm³/mol. The van der Waals surface area contributed by atoms with Crippen LogP contribution in [0.25, 0.3) is 11.0 Å². The van der Waals surface area contributed by atoms with Gasteiger partial charge < -0.3 is 24.4 Å². The minimum atomic E-state index is -0.245. The highest BCUT2D eigenvalue weighted by molar-refractivity contribution is 7.98. The van der Waals surface area contributed by atoms with E-state index in [-0.39, 0.29) is 5.91 Å². The van der Waals surface area contributed by atoms with Crippen molar-refractivity contribution in [2.24, 2.45) is 0 Å². The topological polar surface area (TPSA) is 104 Å². The summed E-state index contributed by atoms with van der Waals surface area (Å²) in [5.74, 6) is 1.55. The van der Waals surface area contributed by atoms with E-state index < -0.39 is 0 Å². The summed E-state index contributed by atoms with van der Waals surface area (Å²) in [7, 11) is 3.05. The number of rotatable bonds is 8. The van der Waals surface area contributed by atoms with Gasteiger partial charge >= 0.3 is 0 Å². The van der Waals surface area contributed by atoms with E-state index >= 15 is 0 Å². The van der Waals surface area contributed by atoms with E-state index in [2.05, 4.69) is 20.3 Å². The average Bonchev–Trinajstić information content (AvgIpc) is 3.26. The Kier molecular flexibility index (Phi) is 6.96. The molecule has 0 spiro atoms. The molecule has 3 aromatic rings. The number of ether oxygens (including phenoxy) is 3. The number of carbonyl (C=O) groups is 1. The zero-order chi connectivity index (χ0) is 22.5. The number of hydrogen-bond acceptors (Lipinski definition) is 9. The molecule has 0 saturated carbocycles. The van der Waals surface area contributed by atoms with Gasteiger partial charge in [-0.05, 0) is 18.4 Å². The summed E-state index contributed by atoms with van der Waals surface area (Å²) in [6.07, 6.45) is 3.74. The van der Waals surface area contributed by atoms with Gasteiger partial charge in [0.15, 0.2) is 22.3 Å². The van der Waals surface area contributed by atoms with Crippen molar-refractivity contribution in [1.29, 1.82) is 0 Å². The molecule has 1 aliphatic rings. The number of carbonyl (C=O) groups excluding carboxylic acids is 1. The molecule has 1 N–H and O–H groups in total. The monoisotopic (exact) mass is 458 g/mol. The smallest absolute Gasteiger partial charge is 0.255 e. The van der Waals surface area contributed by atoms with Crippen LogP contribution in [0.3, 0.4) is 0 Å². The van der Waals surface area contributed by atoms with E-state index in [0.29, 0.717) is 48.5 Å². The zero-order valence-electron chi connectivity index (χ0n) is 18.3. The van der Waals surface area contributed by atoms with Crippen LogP contribution in [0.1, 0.15) is 10.4 Å². The summed E-state index contributed by atoms with van der Waals surface area (Å²) in [5.41, 5.74) is 1.16. The molecule has 0 aliphatic carbocycles. The first-order valence-corrected chi connectivity index (χ1v) is 11.5. The predicted octanol–water partition coefficient (Wildman–Crippen LogP) is 1.83. The molecular weight excluding hydrogens is 432 g/mol. The van der Waals surface area contributed by atoms with Gasteiger partial charge in [-0.15, -0.1) is 0 Å². The molecule has 4 rings (SSSR count). The Bertz CT molecular complexity index is 1100. The van der Waals surface area contributed by atoms with Crippen LogP contribution in [0.4, 0.5) is 5.82 Å². The Hall–Kier alpha value is -3.05. The normalized spacial score (nSPS) is 13.9. The molecule has 3 heterocycles. The maximum absolute atomic E-state index is 12.7. The molecule has 1 fully saturated rings. The van der Waals surface area contributed by atoms with Crippen LogP contribution in [0.5, 0.6) is 11.5 Å². The van der Waals surface area contributed by atoms with Crippen molar-refractivity contribution in [2.75, 3.05) is 58.2 Å². The molecule has 11 heteroatoms. The third kappa shape index (κ3) is 4.44. The van der Waals surface area contributed by atoms with Crippen molar-refractivity contribution in [3.8, 4) is 11.5 Å². The number of benzene rings is 1. The van der Waals surface area contributed by atoms with Crippen LogP contribution < -0.4 is 19.7 Å². The van der Waals surface area contributed by atoms with Crippen LogP contribution >= 0.6 is 11.8 Å². The van der Waals surface area contributed by atoms with Gasteiger partial charge in [0.25, 0.3) is 5.91 Å². The highest BCUT2D eigenvalue weighted by Crippen LogP contribution is 2.30. The van der Waals surface area contributed by atoms with Crippen LogP contribution in [0.15, 0.2) is 29.6 Å². The minimum absolute atomic E-state index is 0.245. The second-order valence-corrected chi connectivity index (χ2v) is 7.81. The van der Waals surface area contributed by atoms with Crippen molar-refractivity contribution >= 4 is 34.5 Å². The summed E-state index contributed by atoms with van der Waals surface area (Å²) in [5, 5.41) is 9.01. The van der Waals surface area contributed by atoms with E-state index in [1.807, 2.05) is 6.26 Å². The SMILES string of the molecule is COc1cccc(C(=O)NCCn2ncc3c(N4CCOCC4)nc(SC)nc32)c1OC. The summed E-state index contributed by atoms with van der Waals surface area (Å²) < 4.78 is 17.9. The first-order chi connectivity index (χ1) is 15.7. The molecule has 1 aromatic carbocycles. The molecule has 10 nitrogen and oxygen atoms in total. The maximum atomic E-state index is 12.7. The van der Waals surface area contributed by atoms with Crippen molar-refractivity contribution < 1.29 is 19.0 Å². The van der Waals surface area contributed by atoms with Gasteiger partial charge in [-0.3, -0.25) is 4.79 Å². The maximum Gasteiger partial charge on any atom is 0.255 e. The lowest BCUT2D eigenvalue weighted by Gasteiger charge is -2.28. The molecule has 1 aliphatic heterocycles. The van der Waals surface area contributed by atoms with Gasteiger partial charge in [-0.25, -0.2) is 14.6 Å². The molecular formula is C21H26N6O4S.